The second-order valence-corrected chi connectivity index (χ2v) is 6.89. The molecule has 0 radical (unpaired) electrons. The number of fused-ring (bicyclic) bond motifs is 1. The van der Waals surface area contributed by atoms with Crippen molar-refractivity contribution in [2.24, 2.45) is 5.92 Å². The maximum absolute atomic E-state index is 12.9. The van der Waals surface area contributed by atoms with Crippen LogP contribution in [0.2, 0.25) is 0 Å². The van der Waals surface area contributed by atoms with Crippen molar-refractivity contribution in [3.8, 4) is 0 Å². The predicted molar refractivity (Wildman–Crippen MR) is 87.4 cm³/mol. The van der Waals surface area contributed by atoms with Gasteiger partial charge in [-0.3, -0.25) is 9.59 Å². The van der Waals surface area contributed by atoms with Crippen LogP contribution in [0.15, 0.2) is 23.6 Å². The van der Waals surface area contributed by atoms with Gasteiger partial charge in [0, 0.05) is 28.1 Å². The van der Waals surface area contributed by atoms with Crippen molar-refractivity contribution in [1.29, 1.82) is 0 Å². The van der Waals surface area contributed by atoms with Crippen molar-refractivity contribution < 1.29 is 14.7 Å². The highest BCUT2D eigenvalue weighted by Crippen LogP contribution is 2.31. The maximum atomic E-state index is 12.9. The first-order valence-electron chi connectivity index (χ1n) is 7.50. The largest absolute Gasteiger partial charge is 0.481 e. The Balaban J connectivity index is 1.93. The van der Waals surface area contributed by atoms with Crippen LogP contribution in [-0.4, -0.2) is 34.5 Å². The number of carbonyl (C=O) groups is 2. The molecule has 0 saturated carbocycles. The lowest BCUT2D eigenvalue weighted by atomic mass is 9.90. The molecule has 0 aliphatic carbocycles. The molecule has 4 nitrogen and oxygen atoms in total. The van der Waals surface area contributed by atoms with Crippen LogP contribution in [0.3, 0.4) is 0 Å². The molecule has 2 aromatic rings. The minimum absolute atomic E-state index is 0.0476. The molecule has 1 aliphatic heterocycles. The molecule has 0 unspecified atom stereocenters. The van der Waals surface area contributed by atoms with E-state index in [9.17, 15) is 14.7 Å². The molecule has 116 valence electrons. The zero-order valence-electron chi connectivity index (χ0n) is 12.7. The average molecular weight is 317 g/mol. The summed E-state index contributed by atoms with van der Waals surface area (Å²) in [6.07, 6.45) is 1.39. The zero-order valence-corrected chi connectivity index (χ0v) is 13.5. The summed E-state index contributed by atoms with van der Waals surface area (Å²) in [5, 5.41) is 12.2. The molecule has 0 bridgehead atoms. The van der Waals surface area contributed by atoms with Crippen LogP contribution in [0, 0.1) is 12.8 Å². The second-order valence-electron chi connectivity index (χ2n) is 5.98. The first-order chi connectivity index (χ1) is 10.5. The number of aryl methyl sites for hydroxylation is 1. The number of hydrogen-bond acceptors (Lipinski definition) is 3. The first-order valence-corrected chi connectivity index (χ1v) is 8.38. The summed E-state index contributed by atoms with van der Waals surface area (Å²) in [6, 6.07) is 5.80. The number of carboxylic acid groups (broad SMARTS) is 1. The van der Waals surface area contributed by atoms with Gasteiger partial charge in [0.25, 0.3) is 5.91 Å². The van der Waals surface area contributed by atoms with Gasteiger partial charge in [-0.1, -0.05) is 12.1 Å². The highest BCUT2D eigenvalue weighted by molar-refractivity contribution is 7.17. The highest BCUT2D eigenvalue weighted by atomic mass is 32.1. The number of hydrogen-bond donors (Lipinski definition) is 1. The van der Waals surface area contributed by atoms with Crippen molar-refractivity contribution in [2.75, 3.05) is 6.54 Å². The van der Waals surface area contributed by atoms with Crippen molar-refractivity contribution in [1.82, 2.24) is 4.90 Å². The lowest BCUT2D eigenvalue weighted by molar-refractivity contribution is -0.144. The fraction of sp³-hybridized carbons (Fsp3) is 0.412. The van der Waals surface area contributed by atoms with E-state index in [1.165, 1.54) is 5.56 Å². The van der Waals surface area contributed by atoms with Gasteiger partial charge in [0.1, 0.15) is 0 Å². The molecule has 1 fully saturated rings. The molecular weight excluding hydrogens is 298 g/mol. The minimum atomic E-state index is -0.809. The third-order valence-electron chi connectivity index (χ3n) is 4.53. The van der Waals surface area contributed by atoms with Crippen LogP contribution in [0.5, 0.6) is 0 Å². The van der Waals surface area contributed by atoms with Gasteiger partial charge >= 0.3 is 5.97 Å². The number of amides is 1. The molecule has 5 heteroatoms. The van der Waals surface area contributed by atoms with Gasteiger partial charge in [-0.05, 0) is 38.3 Å². The van der Waals surface area contributed by atoms with Gasteiger partial charge in [0.2, 0.25) is 0 Å². The monoisotopic (exact) mass is 317 g/mol. The van der Waals surface area contributed by atoms with Gasteiger partial charge in [0.15, 0.2) is 0 Å². The lowest BCUT2D eigenvalue weighted by Gasteiger charge is -2.37. The number of benzene rings is 1. The Hall–Kier alpha value is -1.88. The number of aliphatic carboxylic acids is 1. The molecule has 1 aromatic heterocycles. The van der Waals surface area contributed by atoms with Gasteiger partial charge in [-0.2, -0.15) is 0 Å². The van der Waals surface area contributed by atoms with E-state index in [4.69, 9.17) is 0 Å². The van der Waals surface area contributed by atoms with E-state index < -0.39 is 11.9 Å². The molecule has 3 rings (SSSR count). The topological polar surface area (TPSA) is 57.6 Å². The number of carboxylic acids is 1. The zero-order chi connectivity index (χ0) is 15.9. The third-order valence-corrected chi connectivity index (χ3v) is 5.47. The summed E-state index contributed by atoms with van der Waals surface area (Å²) in [5.74, 6) is -1.32. The SMILES string of the molecule is Cc1ccc2c(C(=O)N3CCC[C@@H](C(=O)O)[C@H]3C)csc2c1. The molecule has 1 aromatic carbocycles. The molecule has 1 N–H and O–H groups in total. The normalized spacial score (nSPS) is 22.0. The van der Waals surface area contributed by atoms with Crippen molar-refractivity contribution in [2.45, 2.75) is 32.7 Å². The third kappa shape index (κ3) is 2.50. The number of piperidine rings is 1. The molecule has 2 heterocycles. The van der Waals surface area contributed by atoms with Gasteiger partial charge in [-0.15, -0.1) is 11.3 Å². The molecule has 2 atom stereocenters. The highest BCUT2D eigenvalue weighted by Gasteiger charge is 2.36. The maximum Gasteiger partial charge on any atom is 0.308 e. The van der Waals surface area contributed by atoms with E-state index in [1.54, 1.807) is 16.2 Å². The van der Waals surface area contributed by atoms with Gasteiger partial charge < -0.3 is 10.0 Å². The average Bonchev–Trinajstić information content (AvgIpc) is 2.89. The van der Waals surface area contributed by atoms with E-state index in [0.717, 1.165) is 16.5 Å². The van der Waals surface area contributed by atoms with E-state index in [1.807, 2.05) is 31.4 Å². The summed E-state index contributed by atoms with van der Waals surface area (Å²) in [5.41, 5.74) is 1.86. The quantitative estimate of drug-likeness (QED) is 0.922. The fourth-order valence-electron chi connectivity index (χ4n) is 3.22. The van der Waals surface area contributed by atoms with Crippen LogP contribution < -0.4 is 0 Å². The Morgan fingerprint density at radius 2 is 2.14 bits per heavy atom. The Morgan fingerprint density at radius 1 is 1.36 bits per heavy atom. The summed E-state index contributed by atoms with van der Waals surface area (Å²) in [4.78, 5) is 25.9. The summed E-state index contributed by atoms with van der Waals surface area (Å²) >= 11 is 1.56. The van der Waals surface area contributed by atoms with Gasteiger partial charge in [0.05, 0.1) is 11.5 Å². The van der Waals surface area contributed by atoms with Crippen LogP contribution in [0.25, 0.3) is 10.1 Å². The fourth-order valence-corrected chi connectivity index (χ4v) is 4.25. The van der Waals surface area contributed by atoms with Crippen LogP contribution in [-0.2, 0) is 4.79 Å². The Morgan fingerprint density at radius 3 is 2.86 bits per heavy atom. The molecule has 0 spiro atoms. The van der Waals surface area contributed by atoms with Crippen LogP contribution in [0.4, 0.5) is 0 Å². The van der Waals surface area contributed by atoms with Crippen molar-refractivity contribution in [3.05, 3.63) is 34.7 Å². The Bertz CT molecular complexity index is 737. The summed E-state index contributed by atoms with van der Waals surface area (Å²) in [7, 11) is 0. The molecule has 1 amide bonds. The molecule has 1 saturated heterocycles. The van der Waals surface area contributed by atoms with Crippen molar-refractivity contribution >= 4 is 33.3 Å². The molecule has 1 aliphatic rings. The van der Waals surface area contributed by atoms with E-state index in [2.05, 4.69) is 6.07 Å². The van der Waals surface area contributed by atoms with E-state index in [-0.39, 0.29) is 11.9 Å². The molecular formula is C17H19NO3S. The second kappa shape index (κ2) is 5.72. The number of rotatable bonds is 2. The minimum Gasteiger partial charge on any atom is -0.481 e. The Labute approximate surface area is 133 Å². The number of carbonyl (C=O) groups excluding carboxylic acids is 1. The standard InChI is InChI=1S/C17H19NO3S/c1-10-5-6-13-14(9-22-15(13)8-10)16(19)18-7-3-4-12(11(18)2)17(20)21/h5-6,8-9,11-12H,3-4,7H2,1-2H3,(H,20,21)/t11-,12-/m1/s1. The number of nitrogens with zero attached hydrogens (tertiary/aromatic N) is 1. The number of likely N-dealkylation sites (tertiary alicyclic amines) is 1. The Kier molecular flexibility index (Phi) is 3.91. The smallest absolute Gasteiger partial charge is 0.308 e. The van der Waals surface area contributed by atoms with E-state index >= 15 is 0 Å². The lowest BCUT2D eigenvalue weighted by Crippen LogP contribution is -2.49. The first kappa shape index (κ1) is 15.0. The predicted octanol–water partition coefficient (Wildman–Crippen LogP) is 3.54. The van der Waals surface area contributed by atoms with E-state index in [0.29, 0.717) is 18.5 Å². The summed E-state index contributed by atoms with van der Waals surface area (Å²) in [6.45, 7) is 4.51. The van der Waals surface area contributed by atoms with Crippen molar-refractivity contribution in [3.63, 3.8) is 0 Å². The molecule has 22 heavy (non-hydrogen) atoms. The summed E-state index contributed by atoms with van der Waals surface area (Å²) < 4.78 is 1.10. The van der Waals surface area contributed by atoms with Crippen LogP contribution >= 0.6 is 11.3 Å². The van der Waals surface area contributed by atoms with Gasteiger partial charge in [-0.25, -0.2) is 0 Å². The number of thiophene rings is 1. The van der Waals surface area contributed by atoms with Crippen LogP contribution in [0.1, 0.15) is 35.7 Å².